The first kappa shape index (κ1) is 15.9. The largest absolute Gasteiger partial charge is 0.378 e. The predicted molar refractivity (Wildman–Crippen MR) is 90.1 cm³/mol. The fourth-order valence-corrected chi connectivity index (χ4v) is 2.47. The zero-order chi connectivity index (χ0) is 17.1. The Morgan fingerprint density at radius 1 is 1.38 bits per heavy atom. The molecule has 0 spiro atoms. The van der Waals surface area contributed by atoms with Crippen molar-refractivity contribution in [1.82, 2.24) is 19.4 Å². The van der Waals surface area contributed by atoms with Crippen molar-refractivity contribution in [3.8, 4) is 0 Å². The Kier molecular flexibility index (Phi) is 4.43. The van der Waals surface area contributed by atoms with Crippen molar-refractivity contribution in [3.05, 3.63) is 51.6 Å². The lowest BCUT2D eigenvalue weighted by atomic mass is 10.2. The third kappa shape index (κ3) is 3.35. The maximum absolute atomic E-state index is 10.7. The maximum Gasteiger partial charge on any atom is 0.311 e. The minimum atomic E-state index is -0.547. The van der Waals surface area contributed by atoms with E-state index >= 15 is 0 Å². The molecule has 24 heavy (non-hydrogen) atoms. The molecule has 0 radical (unpaired) electrons. The molecule has 0 aromatic carbocycles. The molecule has 9 nitrogen and oxygen atoms in total. The van der Waals surface area contributed by atoms with Gasteiger partial charge in [0.05, 0.1) is 4.92 Å². The molecule has 0 fully saturated rings. The van der Waals surface area contributed by atoms with Gasteiger partial charge in [0.2, 0.25) is 11.8 Å². The number of nitrogens with two attached hydrogens (primary N) is 1. The van der Waals surface area contributed by atoms with Gasteiger partial charge in [-0.25, -0.2) is 15.0 Å². The number of rotatable bonds is 6. The van der Waals surface area contributed by atoms with Crippen molar-refractivity contribution < 1.29 is 4.92 Å². The highest BCUT2D eigenvalue weighted by atomic mass is 35.5. The molecule has 0 saturated carbocycles. The molecule has 0 aliphatic rings. The van der Waals surface area contributed by atoms with Gasteiger partial charge in [0.1, 0.15) is 10.8 Å². The number of nitro groups is 1. The second-order valence-corrected chi connectivity index (χ2v) is 5.44. The van der Waals surface area contributed by atoms with Crippen LogP contribution in [0.15, 0.2) is 30.6 Å². The summed E-state index contributed by atoms with van der Waals surface area (Å²) in [5.41, 5.74) is 6.81. The Balaban J connectivity index is 1.60. The SMILES string of the molecule is Nc1nc(CCCNc2nc(Cl)cc3nccn23)ccc1[N+](=O)[O-]. The van der Waals surface area contributed by atoms with Crippen LogP contribution in [0.3, 0.4) is 0 Å². The number of aromatic nitrogens is 4. The number of hydrogen-bond donors (Lipinski definition) is 2. The number of pyridine rings is 1. The molecule has 3 N–H and O–H groups in total. The van der Waals surface area contributed by atoms with Crippen LogP contribution >= 0.6 is 11.6 Å². The number of anilines is 2. The quantitative estimate of drug-likeness (QED) is 0.303. The van der Waals surface area contributed by atoms with Crippen LogP contribution in [0.1, 0.15) is 12.1 Å². The fourth-order valence-electron chi connectivity index (χ4n) is 2.29. The Labute approximate surface area is 141 Å². The van der Waals surface area contributed by atoms with Gasteiger partial charge < -0.3 is 11.1 Å². The van der Waals surface area contributed by atoms with Gasteiger partial charge in [-0.1, -0.05) is 11.6 Å². The highest BCUT2D eigenvalue weighted by molar-refractivity contribution is 6.29. The molecule has 0 aliphatic carbocycles. The van der Waals surface area contributed by atoms with Crippen molar-refractivity contribution in [1.29, 1.82) is 0 Å². The number of hydrogen-bond acceptors (Lipinski definition) is 7. The summed E-state index contributed by atoms with van der Waals surface area (Å²) in [6.45, 7) is 0.624. The lowest BCUT2D eigenvalue weighted by Gasteiger charge is -2.08. The smallest absolute Gasteiger partial charge is 0.311 e. The number of aryl methyl sites for hydroxylation is 1. The Hall–Kier alpha value is -2.94. The van der Waals surface area contributed by atoms with Gasteiger partial charge >= 0.3 is 5.69 Å². The number of nitrogen functional groups attached to an aromatic ring is 1. The average molecular weight is 348 g/mol. The van der Waals surface area contributed by atoms with Crippen molar-refractivity contribution in [2.45, 2.75) is 12.8 Å². The number of imidazole rings is 1. The second kappa shape index (κ2) is 6.67. The van der Waals surface area contributed by atoms with E-state index in [4.69, 9.17) is 17.3 Å². The molecule has 124 valence electrons. The van der Waals surface area contributed by atoms with E-state index < -0.39 is 4.92 Å². The van der Waals surface area contributed by atoms with Gasteiger partial charge in [-0.3, -0.25) is 14.5 Å². The Morgan fingerprint density at radius 3 is 2.96 bits per heavy atom. The monoisotopic (exact) mass is 347 g/mol. The van der Waals surface area contributed by atoms with Crippen LogP contribution in [0.25, 0.3) is 5.65 Å². The first-order valence-corrected chi connectivity index (χ1v) is 7.55. The number of nitrogens with one attached hydrogen (secondary N) is 1. The van der Waals surface area contributed by atoms with Gasteiger partial charge in [-0.2, -0.15) is 0 Å². The van der Waals surface area contributed by atoms with E-state index in [-0.39, 0.29) is 11.5 Å². The van der Waals surface area contributed by atoms with E-state index in [1.54, 1.807) is 28.9 Å². The highest BCUT2D eigenvalue weighted by Crippen LogP contribution is 2.19. The maximum atomic E-state index is 10.7. The van der Waals surface area contributed by atoms with Crippen LogP contribution in [0.4, 0.5) is 17.5 Å². The van der Waals surface area contributed by atoms with Gasteiger partial charge in [0, 0.05) is 36.8 Å². The number of halogens is 1. The van der Waals surface area contributed by atoms with E-state index in [0.717, 1.165) is 6.42 Å². The van der Waals surface area contributed by atoms with Crippen LogP contribution < -0.4 is 11.1 Å². The van der Waals surface area contributed by atoms with Crippen LogP contribution in [0.5, 0.6) is 0 Å². The molecule has 0 atom stereocenters. The van der Waals surface area contributed by atoms with Crippen molar-refractivity contribution in [2.24, 2.45) is 0 Å². The van der Waals surface area contributed by atoms with Crippen LogP contribution in [0.2, 0.25) is 5.15 Å². The number of fused-ring (bicyclic) bond motifs is 1. The molecule has 0 bridgehead atoms. The summed E-state index contributed by atoms with van der Waals surface area (Å²) in [5, 5.41) is 14.3. The molecule has 3 heterocycles. The molecule has 3 aromatic rings. The standard InChI is InChI=1S/C14H14ClN7O2/c15-11-8-12-17-6-7-21(12)14(20-11)18-5-1-2-9-3-4-10(22(23)24)13(16)19-9/h3-4,6-8H,1-2,5H2,(H2,16,19)(H,18,20). The first-order valence-electron chi connectivity index (χ1n) is 7.18. The first-order chi connectivity index (χ1) is 11.5. The predicted octanol–water partition coefficient (Wildman–Crippen LogP) is 2.31. The Bertz CT molecular complexity index is 896. The third-order valence-electron chi connectivity index (χ3n) is 3.41. The van der Waals surface area contributed by atoms with Crippen molar-refractivity contribution >= 4 is 34.7 Å². The lowest BCUT2D eigenvalue weighted by Crippen LogP contribution is -2.09. The second-order valence-electron chi connectivity index (χ2n) is 5.05. The minimum Gasteiger partial charge on any atom is -0.378 e. The zero-order valence-corrected chi connectivity index (χ0v) is 13.3. The molecule has 10 heteroatoms. The fraction of sp³-hybridized carbons (Fsp3) is 0.214. The summed E-state index contributed by atoms with van der Waals surface area (Å²) in [6, 6.07) is 4.66. The summed E-state index contributed by atoms with van der Waals surface area (Å²) in [4.78, 5) is 22.6. The van der Waals surface area contributed by atoms with E-state index in [1.165, 1.54) is 6.07 Å². The molecule has 0 unspecified atom stereocenters. The van der Waals surface area contributed by atoms with E-state index in [9.17, 15) is 10.1 Å². The normalized spacial score (nSPS) is 10.9. The summed E-state index contributed by atoms with van der Waals surface area (Å²) >= 11 is 5.96. The average Bonchev–Trinajstić information content (AvgIpc) is 2.99. The van der Waals surface area contributed by atoms with E-state index in [1.807, 2.05) is 0 Å². The molecular weight excluding hydrogens is 334 g/mol. The van der Waals surface area contributed by atoms with Crippen LogP contribution in [-0.4, -0.2) is 30.8 Å². The highest BCUT2D eigenvalue weighted by Gasteiger charge is 2.12. The van der Waals surface area contributed by atoms with Crippen molar-refractivity contribution in [3.63, 3.8) is 0 Å². The van der Waals surface area contributed by atoms with Gasteiger partial charge in [-0.15, -0.1) is 0 Å². The zero-order valence-electron chi connectivity index (χ0n) is 12.5. The summed E-state index contributed by atoms with van der Waals surface area (Å²) < 4.78 is 1.80. The molecule has 0 amide bonds. The summed E-state index contributed by atoms with van der Waals surface area (Å²) in [5.74, 6) is 0.535. The van der Waals surface area contributed by atoms with Crippen LogP contribution in [-0.2, 0) is 6.42 Å². The summed E-state index contributed by atoms with van der Waals surface area (Å²) in [6.07, 6.45) is 4.83. The third-order valence-corrected chi connectivity index (χ3v) is 3.60. The summed E-state index contributed by atoms with van der Waals surface area (Å²) in [7, 11) is 0. The van der Waals surface area contributed by atoms with Gasteiger partial charge in [0.15, 0.2) is 0 Å². The van der Waals surface area contributed by atoms with Crippen LogP contribution in [0, 0.1) is 10.1 Å². The topological polar surface area (TPSA) is 124 Å². The van der Waals surface area contributed by atoms with E-state index in [2.05, 4.69) is 20.3 Å². The van der Waals surface area contributed by atoms with E-state index in [0.29, 0.717) is 35.4 Å². The Morgan fingerprint density at radius 2 is 2.21 bits per heavy atom. The molecular formula is C14H14ClN7O2. The minimum absolute atomic E-state index is 0.0675. The molecule has 0 aliphatic heterocycles. The van der Waals surface area contributed by atoms with Gasteiger partial charge in [0.25, 0.3) is 0 Å². The molecule has 3 aromatic heterocycles. The number of nitrogens with zero attached hydrogens (tertiary/aromatic N) is 5. The van der Waals surface area contributed by atoms with Gasteiger partial charge in [-0.05, 0) is 18.9 Å². The molecule has 3 rings (SSSR count). The molecule has 0 saturated heterocycles. The van der Waals surface area contributed by atoms with Crippen molar-refractivity contribution in [2.75, 3.05) is 17.6 Å². The lowest BCUT2D eigenvalue weighted by molar-refractivity contribution is -0.384.